The van der Waals surface area contributed by atoms with E-state index in [1.54, 1.807) is 28.4 Å². The summed E-state index contributed by atoms with van der Waals surface area (Å²) in [5.74, 6) is 1.03. The minimum atomic E-state index is -1.11. The van der Waals surface area contributed by atoms with E-state index in [1.165, 1.54) is 48.9 Å². The van der Waals surface area contributed by atoms with E-state index in [-0.39, 0.29) is 42.6 Å². The Morgan fingerprint density at radius 1 is 0.475 bits per heavy atom. The Hall–Kier alpha value is -5.72. The maximum Gasteiger partial charge on any atom is 2.00 e. The largest absolute Gasteiger partial charge is 2.00 e. The van der Waals surface area contributed by atoms with Crippen LogP contribution in [0.2, 0.25) is 0 Å². The number of carbonyl (C=O) groups excluding carboxylic acids is 2. The van der Waals surface area contributed by atoms with Crippen LogP contribution < -0.4 is 61.0 Å². The molecule has 0 spiro atoms. The van der Waals surface area contributed by atoms with Gasteiger partial charge in [0.05, 0.1) is 39.6 Å². The summed E-state index contributed by atoms with van der Waals surface area (Å²) in [6.45, 7) is 5.39. The van der Waals surface area contributed by atoms with Crippen molar-refractivity contribution in [3.05, 3.63) is 157 Å². The molecule has 0 radical (unpaired) electrons. The van der Waals surface area contributed by atoms with Crippen molar-refractivity contribution in [1.82, 2.24) is 9.97 Å². The summed E-state index contributed by atoms with van der Waals surface area (Å²) in [5, 5.41) is 26.7. The topological polar surface area (TPSA) is 143 Å². The number of rotatable bonds is 13. The average Bonchev–Trinajstić information content (AvgIpc) is 3.24. The SMILES string of the molecule is CC(=O)/C=C(/C)[O-].CC(=O)/C=C(/C)[O-].COc1cc(P(c2ccccc2)c2ccccc2)c(-c2c(P(c3ccccc3)c3ccccc3)cc(OC)nc2OC)c(OC)n1.[Ru+2]. The van der Waals surface area contributed by atoms with E-state index in [9.17, 15) is 19.8 Å². The van der Waals surface area contributed by atoms with Gasteiger partial charge in [-0.15, -0.1) is 11.5 Å². The standard InChI is InChI=1S/C38H34N2O4P2.2C5H8O2.Ru/c1-41-33-25-31(45(27-17-9-5-10-18-27)28-19-11-6-12-20-28)35(37(39-33)43-3)36-32(26-34(42-2)40-38(36)44-4)46(29-21-13-7-14-22-29)30-23-15-8-16-24-30;2*1-4(6)3-5(2)7;/h5-26H,1-4H3;2*3,6H,1-2H3;/q;;;+2/p-2/b;2*4-3-;. The summed E-state index contributed by atoms with van der Waals surface area (Å²) < 4.78 is 23.8. The van der Waals surface area contributed by atoms with Gasteiger partial charge in [-0.2, -0.15) is 9.97 Å². The zero-order chi connectivity index (χ0) is 43.6. The van der Waals surface area contributed by atoms with Crippen LogP contribution in [-0.2, 0) is 29.1 Å². The van der Waals surface area contributed by atoms with E-state index in [1.807, 2.05) is 36.4 Å². The second-order valence-electron chi connectivity index (χ2n) is 12.9. The van der Waals surface area contributed by atoms with Gasteiger partial charge < -0.3 is 29.2 Å². The Morgan fingerprint density at radius 3 is 0.918 bits per heavy atom. The predicted octanol–water partition coefficient (Wildman–Crippen LogP) is 5.37. The second-order valence-corrected chi connectivity index (χ2v) is 17.3. The molecule has 0 bridgehead atoms. The first-order chi connectivity index (χ1) is 28.9. The molecular weight excluding hydrogens is 896 g/mol. The fourth-order valence-electron chi connectivity index (χ4n) is 6.04. The smallest absolute Gasteiger partial charge is 0.876 e. The van der Waals surface area contributed by atoms with Crippen molar-refractivity contribution in [3.63, 3.8) is 0 Å². The van der Waals surface area contributed by atoms with Gasteiger partial charge in [-0.05, 0) is 63.1 Å². The molecule has 13 heteroatoms. The van der Waals surface area contributed by atoms with Crippen LogP contribution in [0.25, 0.3) is 11.1 Å². The van der Waals surface area contributed by atoms with Gasteiger partial charge in [-0.1, -0.05) is 135 Å². The van der Waals surface area contributed by atoms with Crippen LogP contribution in [0.3, 0.4) is 0 Å². The van der Waals surface area contributed by atoms with Gasteiger partial charge >= 0.3 is 19.5 Å². The zero-order valence-electron chi connectivity index (χ0n) is 35.3. The zero-order valence-corrected chi connectivity index (χ0v) is 38.8. The summed E-state index contributed by atoms with van der Waals surface area (Å²) >= 11 is 0. The number of aromatic nitrogens is 2. The summed E-state index contributed by atoms with van der Waals surface area (Å²) in [5.41, 5.74) is 1.62. The van der Waals surface area contributed by atoms with Gasteiger partial charge in [0.2, 0.25) is 23.5 Å². The quantitative estimate of drug-likeness (QED) is 0.0642. The molecule has 0 amide bonds. The van der Waals surface area contributed by atoms with Crippen molar-refractivity contribution in [1.29, 1.82) is 0 Å². The number of nitrogens with zero attached hydrogens (tertiary/aromatic N) is 2. The van der Waals surface area contributed by atoms with Crippen LogP contribution in [0.4, 0.5) is 0 Å². The molecule has 4 aromatic carbocycles. The Bertz CT molecular complexity index is 2130. The van der Waals surface area contributed by atoms with Crippen LogP contribution in [0.1, 0.15) is 27.7 Å². The Kier molecular flexibility index (Phi) is 20.5. The third-order valence-corrected chi connectivity index (χ3v) is 13.2. The van der Waals surface area contributed by atoms with Crippen molar-refractivity contribution in [3.8, 4) is 34.6 Å². The molecule has 6 aromatic rings. The summed E-state index contributed by atoms with van der Waals surface area (Å²) in [4.78, 5) is 29.6. The van der Waals surface area contributed by atoms with Crippen LogP contribution in [0, 0.1) is 0 Å². The maximum atomic E-state index is 9.98. The molecule has 0 atom stereocenters. The molecule has 61 heavy (non-hydrogen) atoms. The monoisotopic (exact) mass is 944 g/mol. The first-order valence-electron chi connectivity index (χ1n) is 18.7. The van der Waals surface area contributed by atoms with Crippen molar-refractivity contribution in [2.24, 2.45) is 0 Å². The van der Waals surface area contributed by atoms with Crippen LogP contribution in [0.5, 0.6) is 23.5 Å². The molecule has 0 fully saturated rings. The molecule has 2 heterocycles. The van der Waals surface area contributed by atoms with Gasteiger partial charge in [0, 0.05) is 22.7 Å². The van der Waals surface area contributed by atoms with E-state index in [4.69, 9.17) is 28.9 Å². The van der Waals surface area contributed by atoms with Crippen LogP contribution in [-0.4, -0.2) is 50.0 Å². The number of ether oxygens (including phenoxy) is 4. The molecule has 316 valence electrons. The normalized spacial score (nSPS) is 10.9. The van der Waals surface area contributed by atoms with E-state index < -0.39 is 15.8 Å². The molecule has 0 aliphatic rings. The molecule has 0 unspecified atom stereocenters. The molecule has 2 aromatic heterocycles. The molecular formula is C48H48N2O8P2Ru. The number of hydrogen-bond donors (Lipinski definition) is 0. The Morgan fingerprint density at radius 2 is 0.738 bits per heavy atom. The molecule has 0 N–H and O–H groups in total. The van der Waals surface area contributed by atoms with Gasteiger partial charge in [-0.25, -0.2) is 0 Å². The molecule has 0 saturated heterocycles. The molecule has 0 aliphatic heterocycles. The second kappa shape index (κ2) is 25.1. The van der Waals surface area contributed by atoms with Gasteiger partial charge in [0.1, 0.15) is 0 Å². The van der Waals surface area contributed by atoms with E-state index >= 15 is 0 Å². The van der Waals surface area contributed by atoms with Gasteiger partial charge in [-0.3, -0.25) is 9.59 Å². The third-order valence-electron chi connectivity index (χ3n) is 8.29. The van der Waals surface area contributed by atoms with Crippen molar-refractivity contribution < 1.29 is 58.2 Å². The third kappa shape index (κ3) is 14.2. The van der Waals surface area contributed by atoms with E-state index in [2.05, 4.69) is 97.1 Å². The number of benzene rings is 4. The molecule has 0 saturated carbocycles. The summed E-state index contributed by atoms with van der Waals surface area (Å²) in [6.07, 6.45) is 2.11. The first-order valence-corrected chi connectivity index (χ1v) is 21.4. The number of carbonyl (C=O) groups is 2. The molecule has 10 nitrogen and oxygen atoms in total. The molecule has 0 aliphatic carbocycles. The van der Waals surface area contributed by atoms with E-state index in [0.717, 1.165) is 33.9 Å². The Labute approximate surface area is 373 Å². The number of hydrogen-bond acceptors (Lipinski definition) is 10. The number of allylic oxidation sites excluding steroid dienone is 4. The van der Waals surface area contributed by atoms with Crippen molar-refractivity contribution in [2.45, 2.75) is 27.7 Å². The van der Waals surface area contributed by atoms with E-state index in [0.29, 0.717) is 23.5 Å². The van der Waals surface area contributed by atoms with Gasteiger partial charge in [0.15, 0.2) is 11.6 Å². The average molecular weight is 944 g/mol. The number of ketones is 2. The Balaban J connectivity index is 0.000000570. The fraction of sp³-hybridized carbons (Fsp3) is 0.167. The minimum absolute atomic E-state index is 0. The minimum Gasteiger partial charge on any atom is -0.876 e. The van der Waals surface area contributed by atoms with Crippen molar-refractivity contribution >= 4 is 59.2 Å². The predicted molar refractivity (Wildman–Crippen MR) is 240 cm³/mol. The maximum absolute atomic E-state index is 9.98. The van der Waals surface area contributed by atoms with Crippen LogP contribution in [0.15, 0.2) is 157 Å². The van der Waals surface area contributed by atoms with Gasteiger partial charge in [0.25, 0.3) is 0 Å². The number of methoxy groups -OCH3 is 4. The van der Waals surface area contributed by atoms with Crippen LogP contribution >= 0.6 is 15.8 Å². The summed E-state index contributed by atoms with van der Waals surface area (Å²) in [6, 6.07) is 46.2. The first kappa shape index (κ1) is 49.6. The fourth-order valence-corrected chi connectivity index (χ4v) is 11.0. The molecule has 6 rings (SSSR count). The summed E-state index contributed by atoms with van der Waals surface area (Å²) in [7, 11) is 4.32. The number of pyridine rings is 2. The van der Waals surface area contributed by atoms with Crippen molar-refractivity contribution in [2.75, 3.05) is 28.4 Å².